The molecule has 1 spiro atoms. The molecule has 10 heteroatoms. The highest BCUT2D eigenvalue weighted by Gasteiger charge is 2.66. The number of fused-ring (bicyclic) bond motifs is 4. The summed E-state index contributed by atoms with van der Waals surface area (Å²) in [7, 11) is -0.846. The monoisotopic (exact) mass is 805 g/mol. The molecule has 59 heavy (non-hydrogen) atoms. The first kappa shape index (κ1) is 38.9. The van der Waals surface area contributed by atoms with E-state index < -0.39 is 19.8 Å². The van der Waals surface area contributed by atoms with Crippen LogP contribution >= 0.6 is 0 Å². The van der Waals surface area contributed by atoms with Crippen LogP contribution in [0.25, 0.3) is 0 Å². The molecular formula is C49H51N3O6Si. The number of amides is 3. The van der Waals surface area contributed by atoms with Crippen molar-refractivity contribution in [1.82, 2.24) is 4.90 Å². The second kappa shape index (κ2) is 15.2. The van der Waals surface area contributed by atoms with Crippen LogP contribution in [0.1, 0.15) is 47.6 Å². The van der Waals surface area contributed by atoms with Gasteiger partial charge in [0, 0.05) is 30.1 Å². The number of hydrogen-bond acceptors (Lipinski definition) is 6. The molecule has 1 N–H and O–H groups in total. The summed E-state index contributed by atoms with van der Waals surface area (Å²) in [4.78, 5) is 48.6. The lowest BCUT2D eigenvalue weighted by atomic mass is 9.82. The van der Waals surface area contributed by atoms with E-state index in [-0.39, 0.29) is 48.3 Å². The van der Waals surface area contributed by atoms with Crippen LogP contribution in [0.15, 0.2) is 121 Å². The van der Waals surface area contributed by atoms with E-state index in [0.717, 1.165) is 57.0 Å². The third kappa shape index (κ3) is 6.49. The number of anilines is 3. The SMILES string of the molecule is COc1ccc([Si](C)(C)[C@@H]2[C@@H](CC(=O)N3Cc4ccccc4C[C@H]3CO)O[C@]3(C(=O)N(Cc4ccc(N5C(=O)CCc6ccccc65)cc4)c4ccccc43)[C@H]2C)cc1. The fourth-order valence-corrected chi connectivity index (χ4v) is 14.6. The average molecular weight is 806 g/mol. The smallest absolute Gasteiger partial charge is 0.264 e. The molecule has 4 heterocycles. The Labute approximate surface area is 347 Å². The van der Waals surface area contributed by atoms with Gasteiger partial charge in [-0.15, -0.1) is 0 Å². The molecule has 9 nitrogen and oxygen atoms in total. The number of carbonyl (C=O) groups excluding carboxylic acids is 3. The van der Waals surface area contributed by atoms with Crippen LogP contribution in [0.3, 0.4) is 0 Å². The van der Waals surface area contributed by atoms with Gasteiger partial charge in [-0.05, 0) is 77.0 Å². The quantitative estimate of drug-likeness (QED) is 0.156. The van der Waals surface area contributed by atoms with Crippen molar-refractivity contribution >= 4 is 48.0 Å². The number of carbonyl (C=O) groups is 3. The Morgan fingerprint density at radius 1 is 0.831 bits per heavy atom. The van der Waals surface area contributed by atoms with Crippen LogP contribution in [-0.4, -0.2) is 61.7 Å². The van der Waals surface area contributed by atoms with Gasteiger partial charge in [-0.25, -0.2) is 0 Å². The van der Waals surface area contributed by atoms with Gasteiger partial charge in [0.1, 0.15) is 5.75 Å². The Morgan fingerprint density at radius 3 is 2.20 bits per heavy atom. The molecule has 4 aliphatic rings. The van der Waals surface area contributed by atoms with Crippen molar-refractivity contribution in [3.63, 3.8) is 0 Å². The van der Waals surface area contributed by atoms with Crippen molar-refractivity contribution in [3.8, 4) is 5.75 Å². The molecular weight excluding hydrogens is 755 g/mol. The summed E-state index contributed by atoms with van der Waals surface area (Å²) >= 11 is 0. The van der Waals surface area contributed by atoms with Crippen molar-refractivity contribution in [2.45, 2.75) is 82.1 Å². The van der Waals surface area contributed by atoms with Crippen molar-refractivity contribution < 1.29 is 29.0 Å². The fourth-order valence-electron chi connectivity index (χ4n) is 10.6. The maximum Gasteiger partial charge on any atom is 0.264 e. The van der Waals surface area contributed by atoms with Gasteiger partial charge in [0.15, 0.2) is 5.60 Å². The largest absolute Gasteiger partial charge is 0.497 e. The standard InChI is InChI=1S/C49H51N3O6Si/c1-32-47(59(3,4)40-24-22-39(57-2)23-25-40)44(28-46(55)50-30-36-13-6-5-12-35(36)27-38(50)31-53)58-49(32)41-14-8-10-16-43(41)51(48(49)56)29-33-17-20-37(21-18-33)52-42-15-9-7-11-34(42)19-26-45(52)54/h5-18,20-25,32,38,44,47,53H,19,26-31H2,1-4H3/t32-,38-,44+,47-,49+/m0/s1. The van der Waals surface area contributed by atoms with Crippen LogP contribution < -0.4 is 19.7 Å². The second-order valence-corrected chi connectivity index (χ2v) is 21.8. The molecule has 1 saturated heterocycles. The number of aliphatic hydroxyl groups is 1. The van der Waals surface area contributed by atoms with Gasteiger partial charge < -0.3 is 24.4 Å². The second-order valence-electron chi connectivity index (χ2n) is 17.1. The average Bonchev–Trinajstić information content (AvgIpc) is 3.69. The Morgan fingerprint density at radius 2 is 1.49 bits per heavy atom. The van der Waals surface area contributed by atoms with E-state index in [1.165, 1.54) is 5.19 Å². The number of para-hydroxylation sites is 2. The van der Waals surface area contributed by atoms with Crippen LogP contribution in [-0.2, 0) is 50.7 Å². The molecule has 0 bridgehead atoms. The molecule has 0 radical (unpaired) electrons. The van der Waals surface area contributed by atoms with E-state index in [0.29, 0.717) is 25.9 Å². The predicted octanol–water partition coefficient (Wildman–Crippen LogP) is 7.40. The zero-order chi connectivity index (χ0) is 41.1. The number of nitrogens with zero attached hydrogens (tertiary/aromatic N) is 3. The van der Waals surface area contributed by atoms with Gasteiger partial charge in [0.2, 0.25) is 11.8 Å². The summed E-state index contributed by atoms with van der Waals surface area (Å²) in [6.07, 6.45) is 1.31. The summed E-state index contributed by atoms with van der Waals surface area (Å²) in [5, 5.41) is 11.7. The zero-order valence-electron chi connectivity index (χ0n) is 34.1. The van der Waals surface area contributed by atoms with Crippen LogP contribution in [0, 0.1) is 5.92 Å². The number of hydrogen-bond donors (Lipinski definition) is 1. The number of aryl methyl sites for hydroxylation is 1. The molecule has 5 aromatic carbocycles. The lowest BCUT2D eigenvalue weighted by Crippen LogP contribution is -2.52. The number of rotatable bonds is 9. The highest BCUT2D eigenvalue weighted by atomic mass is 28.3. The molecule has 0 unspecified atom stereocenters. The maximum absolute atomic E-state index is 15.4. The van der Waals surface area contributed by atoms with Crippen molar-refractivity contribution in [3.05, 3.63) is 149 Å². The minimum absolute atomic E-state index is 0.0649. The first-order chi connectivity index (χ1) is 28.5. The van der Waals surface area contributed by atoms with Gasteiger partial charge in [0.25, 0.3) is 5.91 Å². The Hall–Kier alpha value is -5.55. The first-order valence-corrected chi connectivity index (χ1v) is 23.8. The maximum atomic E-state index is 15.4. The van der Waals surface area contributed by atoms with Gasteiger partial charge in [0.05, 0.1) is 58.3 Å². The van der Waals surface area contributed by atoms with E-state index in [1.807, 2.05) is 101 Å². The van der Waals surface area contributed by atoms with Crippen LogP contribution in [0.2, 0.25) is 18.6 Å². The molecule has 4 aliphatic heterocycles. The molecule has 302 valence electrons. The Balaban J connectivity index is 1.05. The van der Waals surface area contributed by atoms with Gasteiger partial charge in [-0.1, -0.05) is 110 Å². The van der Waals surface area contributed by atoms with Crippen molar-refractivity contribution in [2.24, 2.45) is 5.92 Å². The number of benzene rings is 5. The van der Waals surface area contributed by atoms with E-state index in [4.69, 9.17) is 9.47 Å². The summed E-state index contributed by atoms with van der Waals surface area (Å²) < 4.78 is 12.8. The molecule has 5 aromatic rings. The Kier molecular flexibility index (Phi) is 10.1. The van der Waals surface area contributed by atoms with Gasteiger partial charge >= 0.3 is 0 Å². The number of methoxy groups -OCH3 is 1. The van der Waals surface area contributed by atoms with Crippen LogP contribution in [0.4, 0.5) is 17.1 Å². The minimum atomic E-state index is -2.51. The topological polar surface area (TPSA) is 99.6 Å². The molecule has 0 aromatic heterocycles. The number of ether oxygens (including phenoxy) is 2. The Bertz CT molecular complexity index is 2420. The van der Waals surface area contributed by atoms with E-state index in [1.54, 1.807) is 12.0 Å². The predicted molar refractivity (Wildman–Crippen MR) is 232 cm³/mol. The first-order valence-electron chi connectivity index (χ1n) is 20.8. The summed E-state index contributed by atoms with van der Waals surface area (Å²) in [6.45, 7) is 7.38. The van der Waals surface area contributed by atoms with E-state index in [2.05, 4.69) is 50.3 Å². The zero-order valence-corrected chi connectivity index (χ0v) is 35.1. The minimum Gasteiger partial charge on any atom is -0.497 e. The molecule has 0 aliphatic carbocycles. The molecule has 5 atom stereocenters. The highest BCUT2D eigenvalue weighted by molar-refractivity contribution is 6.91. The summed E-state index contributed by atoms with van der Waals surface area (Å²) in [6, 6.07) is 39.9. The lowest BCUT2D eigenvalue weighted by Gasteiger charge is -2.39. The lowest BCUT2D eigenvalue weighted by molar-refractivity contribution is -0.151. The fraction of sp³-hybridized carbons (Fsp3) is 0.327. The van der Waals surface area contributed by atoms with Gasteiger partial charge in [-0.3, -0.25) is 19.3 Å². The molecule has 9 rings (SSSR count). The van der Waals surface area contributed by atoms with E-state index >= 15 is 4.79 Å². The molecule has 0 saturated carbocycles. The van der Waals surface area contributed by atoms with Crippen molar-refractivity contribution in [1.29, 1.82) is 0 Å². The summed E-state index contributed by atoms with van der Waals surface area (Å²) in [5.41, 5.74) is 6.22. The highest BCUT2D eigenvalue weighted by Crippen LogP contribution is 2.60. The third-order valence-electron chi connectivity index (χ3n) is 13.6. The molecule has 3 amide bonds. The number of aliphatic hydroxyl groups excluding tert-OH is 1. The summed E-state index contributed by atoms with van der Waals surface area (Å²) in [5.74, 6) is 0.354. The molecule has 1 fully saturated rings. The third-order valence-corrected chi connectivity index (χ3v) is 18.0. The van der Waals surface area contributed by atoms with Crippen LogP contribution in [0.5, 0.6) is 5.75 Å². The normalized spacial score (nSPS) is 23.6. The van der Waals surface area contributed by atoms with Crippen molar-refractivity contribution in [2.75, 3.05) is 23.5 Å². The van der Waals surface area contributed by atoms with E-state index in [9.17, 15) is 14.7 Å². The van der Waals surface area contributed by atoms with Gasteiger partial charge in [-0.2, -0.15) is 0 Å².